The monoisotopic (exact) mass is 336 g/mol. The van der Waals surface area contributed by atoms with E-state index < -0.39 is 0 Å². The van der Waals surface area contributed by atoms with E-state index in [1.807, 2.05) is 30.7 Å². The van der Waals surface area contributed by atoms with Crippen LogP contribution < -0.4 is 11.0 Å². The lowest BCUT2D eigenvalue weighted by atomic mass is 10.4. The first-order valence-corrected chi connectivity index (χ1v) is 7.53. The third-order valence-electron chi connectivity index (χ3n) is 3.62. The van der Waals surface area contributed by atoms with Crippen LogP contribution in [0.2, 0.25) is 0 Å². The molecule has 5 nitrogen and oxygen atoms in total. The lowest BCUT2D eigenvalue weighted by Gasteiger charge is -2.14. The average Bonchev–Trinajstić information content (AvgIpc) is 3.19. The molecule has 0 amide bonds. The molecule has 3 rings (SSSR count). The molecule has 0 unspecified atom stereocenters. The van der Waals surface area contributed by atoms with Crippen LogP contribution >= 0.6 is 15.9 Å². The van der Waals surface area contributed by atoms with Crippen LogP contribution in [0.5, 0.6) is 0 Å². The molecule has 1 aliphatic carbocycles. The molecule has 0 bridgehead atoms. The summed E-state index contributed by atoms with van der Waals surface area (Å²) in [6.07, 6.45) is 4.10. The number of nitrogens with zero attached hydrogens (tertiary/aromatic N) is 3. The Balaban J connectivity index is 1.90. The van der Waals surface area contributed by atoms with Gasteiger partial charge < -0.3 is 0 Å². The Morgan fingerprint density at radius 2 is 2.00 bits per heavy atom. The lowest BCUT2D eigenvalue weighted by Crippen LogP contribution is -2.26. The largest absolute Gasteiger partial charge is 0.291 e. The van der Waals surface area contributed by atoms with Crippen molar-refractivity contribution >= 4 is 21.6 Å². The number of hydrogen-bond donors (Lipinski definition) is 1. The van der Waals surface area contributed by atoms with Gasteiger partial charge in [-0.2, -0.15) is 5.10 Å². The summed E-state index contributed by atoms with van der Waals surface area (Å²) < 4.78 is 4.01. The Labute approximate surface area is 125 Å². The summed E-state index contributed by atoms with van der Waals surface area (Å²) in [5, 5.41) is 4.26. The Kier molecular flexibility index (Phi) is 3.41. The van der Waals surface area contributed by atoms with Gasteiger partial charge in [-0.1, -0.05) is 0 Å². The number of hydrogen-bond acceptors (Lipinski definition) is 3. The van der Waals surface area contributed by atoms with Crippen LogP contribution in [0.3, 0.4) is 0 Å². The van der Waals surface area contributed by atoms with E-state index in [1.165, 1.54) is 12.8 Å². The average molecular weight is 337 g/mol. The van der Waals surface area contributed by atoms with E-state index in [2.05, 4.69) is 26.5 Å². The van der Waals surface area contributed by atoms with Crippen molar-refractivity contribution in [1.82, 2.24) is 14.5 Å². The summed E-state index contributed by atoms with van der Waals surface area (Å²) in [4.78, 5) is 12.3. The van der Waals surface area contributed by atoms with E-state index in [1.54, 1.807) is 10.9 Å². The molecule has 1 fully saturated rings. The van der Waals surface area contributed by atoms with Crippen molar-refractivity contribution in [2.75, 3.05) is 5.43 Å². The van der Waals surface area contributed by atoms with Gasteiger partial charge in [0.05, 0.1) is 11.9 Å². The van der Waals surface area contributed by atoms with Crippen LogP contribution in [0.25, 0.3) is 0 Å². The second kappa shape index (κ2) is 5.09. The number of rotatable bonds is 4. The van der Waals surface area contributed by atoms with Crippen molar-refractivity contribution in [2.45, 2.75) is 33.2 Å². The third-order valence-corrected chi connectivity index (χ3v) is 4.38. The van der Waals surface area contributed by atoms with E-state index >= 15 is 0 Å². The van der Waals surface area contributed by atoms with Crippen molar-refractivity contribution in [1.29, 1.82) is 0 Å². The highest BCUT2D eigenvalue weighted by Crippen LogP contribution is 2.30. The molecule has 106 valence electrons. The number of aromatic nitrogens is 3. The molecule has 2 heterocycles. The van der Waals surface area contributed by atoms with Crippen LogP contribution in [0.1, 0.15) is 24.2 Å². The van der Waals surface area contributed by atoms with Crippen LogP contribution in [0.4, 0.5) is 5.69 Å². The molecule has 2 aromatic rings. The first-order chi connectivity index (χ1) is 9.56. The van der Waals surface area contributed by atoms with E-state index in [4.69, 9.17) is 0 Å². The third kappa shape index (κ3) is 2.52. The van der Waals surface area contributed by atoms with Gasteiger partial charge in [0.15, 0.2) is 0 Å². The summed E-state index contributed by atoms with van der Waals surface area (Å²) in [5.41, 5.74) is 5.99. The quantitative estimate of drug-likeness (QED) is 0.933. The van der Waals surface area contributed by atoms with Gasteiger partial charge in [0.1, 0.15) is 4.47 Å². The molecule has 2 aromatic heterocycles. The smallest absolute Gasteiger partial charge is 0.283 e. The maximum absolute atomic E-state index is 12.3. The Morgan fingerprint density at radius 1 is 1.35 bits per heavy atom. The molecular weight excluding hydrogens is 320 g/mol. The number of nitrogens with one attached hydrogen (secondary N) is 1. The summed E-state index contributed by atoms with van der Waals surface area (Å²) in [6, 6.07) is 4.05. The fourth-order valence-corrected chi connectivity index (χ4v) is 2.58. The molecule has 1 saturated carbocycles. The van der Waals surface area contributed by atoms with Crippen molar-refractivity contribution in [2.24, 2.45) is 5.92 Å². The zero-order chi connectivity index (χ0) is 14.3. The minimum Gasteiger partial charge on any atom is -0.291 e. The zero-order valence-corrected chi connectivity index (χ0v) is 13.1. The van der Waals surface area contributed by atoms with E-state index in [9.17, 15) is 4.79 Å². The van der Waals surface area contributed by atoms with Crippen molar-refractivity contribution in [3.05, 3.63) is 44.5 Å². The fourth-order valence-electron chi connectivity index (χ4n) is 2.18. The number of aryl methyl sites for hydroxylation is 2. The first-order valence-electron chi connectivity index (χ1n) is 6.74. The molecule has 0 aliphatic heterocycles. The summed E-state index contributed by atoms with van der Waals surface area (Å²) >= 11 is 3.39. The standard InChI is InChI=1S/C14H17BrN4O/c1-9-3-4-10(2)19(9)17-12-7-16-18(8-11-5-6-11)14(20)13(12)15/h3-4,7,11,17H,5-6,8H2,1-2H3. The normalized spacial score (nSPS) is 14.6. The second-order valence-electron chi connectivity index (χ2n) is 5.37. The second-order valence-corrected chi connectivity index (χ2v) is 6.16. The summed E-state index contributed by atoms with van der Waals surface area (Å²) in [6.45, 7) is 4.74. The Morgan fingerprint density at radius 3 is 2.60 bits per heavy atom. The van der Waals surface area contributed by atoms with Crippen molar-refractivity contribution in [3.8, 4) is 0 Å². The highest BCUT2D eigenvalue weighted by molar-refractivity contribution is 9.10. The number of anilines is 1. The van der Waals surface area contributed by atoms with E-state index in [-0.39, 0.29) is 5.56 Å². The topological polar surface area (TPSA) is 51.9 Å². The summed E-state index contributed by atoms with van der Waals surface area (Å²) in [5.74, 6) is 0.625. The summed E-state index contributed by atoms with van der Waals surface area (Å²) in [7, 11) is 0. The Hall–Kier alpha value is -1.56. The van der Waals surface area contributed by atoms with Crippen LogP contribution in [-0.2, 0) is 6.54 Å². The van der Waals surface area contributed by atoms with Gasteiger partial charge in [0.2, 0.25) is 0 Å². The molecule has 0 atom stereocenters. The van der Waals surface area contributed by atoms with E-state index in [0.29, 0.717) is 16.1 Å². The van der Waals surface area contributed by atoms with Gasteiger partial charge in [-0.05, 0) is 60.7 Å². The Bertz CT molecular complexity index is 680. The minimum atomic E-state index is -0.0793. The molecule has 0 aromatic carbocycles. The van der Waals surface area contributed by atoms with E-state index in [0.717, 1.165) is 17.9 Å². The highest BCUT2D eigenvalue weighted by atomic mass is 79.9. The van der Waals surface area contributed by atoms with Crippen molar-refractivity contribution in [3.63, 3.8) is 0 Å². The fraction of sp³-hybridized carbons (Fsp3) is 0.429. The van der Waals surface area contributed by atoms with Gasteiger partial charge in [-0.3, -0.25) is 14.9 Å². The predicted molar refractivity (Wildman–Crippen MR) is 81.8 cm³/mol. The highest BCUT2D eigenvalue weighted by Gasteiger charge is 2.23. The SMILES string of the molecule is Cc1ccc(C)n1Nc1cnn(CC2CC2)c(=O)c1Br. The van der Waals surface area contributed by atoms with Gasteiger partial charge >= 0.3 is 0 Å². The molecular formula is C14H17BrN4O. The molecule has 0 saturated heterocycles. The van der Waals surface area contributed by atoms with Crippen LogP contribution in [0.15, 0.2) is 27.6 Å². The molecule has 0 radical (unpaired) electrons. The molecule has 1 N–H and O–H groups in total. The predicted octanol–water partition coefficient (Wildman–Crippen LogP) is 2.71. The molecule has 1 aliphatic rings. The van der Waals surface area contributed by atoms with Gasteiger partial charge in [-0.15, -0.1) is 0 Å². The van der Waals surface area contributed by atoms with Crippen LogP contribution in [-0.4, -0.2) is 14.5 Å². The van der Waals surface area contributed by atoms with Crippen LogP contribution in [0, 0.1) is 19.8 Å². The molecule has 0 spiro atoms. The maximum atomic E-state index is 12.3. The lowest BCUT2D eigenvalue weighted by molar-refractivity contribution is 0.531. The van der Waals surface area contributed by atoms with Gasteiger partial charge in [-0.25, -0.2) is 4.68 Å². The molecule has 6 heteroatoms. The van der Waals surface area contributed by atoms with Gasteiger partial charge in [0.25, 0.3) is 5.56 Å². The first kappa shape index (κ1) is 13.4. The number of halogens is 1. The molecule has 20 heavy (non-hydrogen) atoms. The minimum absolute atomic E-state index is 0.0793. The van der Waals surface area contributed by atoms with Crippen molar-refractivity contribution < 1.29 is 0 Å². The maximum Gasteiger partial charge on any atom is 0.283 e. The van der Waals surface area contributed by atoms with Gasteiger partial charge in [0, 0.05) is 17.9 Å². The zero-order valence-electron chi connectivity index (χ0n) is 11.6.